The van der Waals surface area contributed by atoms with Crippen LogP contribution in [0.1, 0.15) is 0 Å². The molecule has 5 aromatic heterocycles. The molecule has 5 nitrogen and oxygen atoms in total. The average Bonchev–Trinajstić information content (AvgIpc) is 4.09. The Morgan fingerprint density at radius 2 is 1.00 bits per heavy atom. The molecule has 0 bridgehead atoms. The van der Waals surface area contributed by atoms with Crippen LogP contribution in [0, 0.1) is 0 Å². The first-order valence-corrected chi connectivity index (χ1v) is 22.3. The maximum absolute atomic E-state index is 6.24. The molecule has 0 amide bonds. The summed E-state index contributed by atoms with van der Waals surface area (Å²) in [5, 5.41) is 11.8. The van der Waals surface area contributed by atoms with Crippen molar-refractivity contribution in [2.75, 3.05) is 0 Å². The van der Waals surface area contributed by atoms with Gasteiger partial charge in [-0.1, -0.05) is 97.1 Å². The highest BCUT2D eigenvalue weighted by Crippen LogP contribution is 2.46. The second kappa shape index (κ2) is 12.9. The molecule has 0 aliphatic rings. The van der Waals surface area contributed by atoms with Crippen LogP contribution in [0.3, 0.4) is 0 Å². The molecule has 0 aliphatic heterocycles. The fourth-order valence-corrected chi connectivity index (χ4v) is 11.9. The third-order valence-electron chi connectivity index (χ3n) is 12.4. The summed E-state index contributed by atoms with van der Waals surface area (Å²) < 4.78 is 13.5. The van der Waals surface area contributed by atoms with Crippen molar-refractivity contribution in [1.29, 1.82) is 0 Å². The molecule has 0 fully saturated rings. The van der Waals surface area contributed by atoms with E-state index >= 15 is 0 Å². The SMILES string of the molecule is c1ccc2cc3c(cc2c1)c1ccccc1n3-c1ccc(-c2nc(-c3ccc4oc5ccccc5c4c3)nc(-c3ccc4sc5ccccc5c4c3)n2)c2sc3ccccc3c12. The predicted octanol–water partition coefficient (Wildman–Crippen LogP) is 15.8. The monoisotopic (exact) mass is 826 g/mol. The lowest BCUT2D eigenvalue weighted by Gasteiger charge is -2.14. The Balaban J connectivity index is 1.05. The van der Waals surface area contributed by atoms with Crippen molar-refractivity contribution in [3.8, 4) is 39.9 Å². The maximum atomic E-state index is 6.24. The average molecular weight is 827 g/mol. The van der Waals surface area contributed by atoms with Gasteiger partial charge < -0.3 is 8.98 Å². The maximum Gasteiger partial charge on any atom is 0.165 e. The van der Waals surface area contributed by atoms with Gasteiger partial charge in [-0.05, 0) is 95.7 Å². The summed E-state index contributed by atoms with van der Waals surface area (Å²) in [4.78, 5) is 16.0. The zero-order valence-corrected chi connectivity index (χ0v) is 34.5. The standard InChI is InChI=1S/C55H30N4OS2/c1-2-12-32-30-45-40(27-31(32)11-1)35-13-3-7-17-43(35)59(45)44-24-23-39(52-51(44)38-16-6-10-20-49(38)62-52)55-57-53(33-21-25-47-41(28-33)36-14-4-8-18-46(36)60-47)56-54(58-55)34-22-26-50-42(29-34)37-15-5-9-19-48(37)61-50/h1-30H. The number of nitrogens with zero attached hydrogens (tertiary/aromatic N) is 4. The molecule has 0 unspecified atom stereocenters. The number of fused-ring (bicyclic) bond motifs is 13. The number of aromatic nitrogens is 4. The topological polar surface area (TPSA) is 56.7 Å². The minimum Gasteiger partial charge on any atom is -0.456 e. The molecule has 14 aromatic rings. The molecule has 0 atom stereocenters. The summed E-state index contributed by atoms with van der Waals surface area (Å²) in [6.07, 6.45) is 0. The van der Waals surface area contributed by atoms with E-state index in [-0.39, 0.29) is 0 Å². The first-order chi connectivity index (χ1) is 30.7. The summed E-state index contributed by atoms with van der Waals surface area (Å²) in [6.45, 7) is 0. The molecule has 5 heterocycles. The fourth-order valence-electron chi connectivity index (χ4n) is 9.57. The van der Waals surface area contributed by atoms with Gasteiger partial charge in [0.15, 0.2) is 17.5 Å². The van der Waals surface area contributed by atoms with Crippen LogP contribution in [0.15, 0.2) is 186 Å². The van der Waals surface area contributed by atoms with Crippen molar-refractivity contribution in [1.82, 2.24) is 19.5 Å². The van der Waals surface area contributed by atoms with Crippen molar-refractivity contribution >= 4 is 118 Å². The molecule has 288 valence electrons. The van der Waals surface area contributed by atoms with E-state index in [4.69, 9.17) is 19.4 Å². The van der Waals surface area contributed by atoms with Crippen LogP contribution in [0.5, 0.6) is 0 Å². The normalized spacial score (nSPS) is 12.2. The van der Waals surface area contributed by atoms with Gasteiger partial charge in [0.25, 0.3) is 0 Å². The van der Waals surface area contributed by atoms with Gasteiger partial charge in [0.1, 0.15) is 11.2 Å². The van der Waals surface area contributed by atoms with Crippen LogP contribution in [-0.2, 0) is 0 Å². The quantitative estimate of drug-likeness (QED) is 0.177. The van der Waals surface area contributed by atoms with Gasteiger partial charge in [0.05, 0.1) is 16.7 Å². The van der Waals surface area contributed by atoms with Gasteiger partial charge in [0.2, 0.25) is 0 Å². The molecule has 0 aliphatic carbocycles. The minimum absolute atomic E-state index is 0.611. The zero-order chi connectivity index (χ0) is 40.5. The summed E-state index contributed by atoms with van der Waals surface area (Å²) in [7, 11) is 0. The second-order valence-electron chi connectivity index (χ2n) is 15.9. The number of rotatable bonds is 4. The summed E-state index contributed by atoms with van der Waals surface area (Å²) in [6, 6.07) is 65.0. The lowest BCUT2D eigenvalue weighted by atomic mass is 10.0. The molecule has 0 saturated heterocycles. The third kappa shape index (κ3) is 4.97. The molecule has 7 heteroatoms. The number of para-hydroxylation sites is 2. The van der Waals surface area contributed by atoms with E-state index in [9.17, 15) is 0 Å². The van der Waals surface area contributed by atoms with Crippen LogP contribution < -0.4 is 0 Å². The predicted molar refractivity (Wildman–Crippen MR) is 261 cm³/mol. The first kappa shape index (κ1) is 34.0. The Labute approximate surface area is 361 Å². The summed E-state index contributed by atoms with van der Waals surface area (Å²) >= 11 is 3.61. The van der Waals surface area contributed by atoms with Crippen LogP contribution in [0.25, 0.3) is 135 Å². The molecule has 9 aromatic carbocycles. The van der Waals surface area contributed by atoms with Crippen LogP contribution in [0.2, 0.25) is 0 Å². The molecule has 62 heavy (non-hydrogen) atoms. The lowest BCUT2D eigenvalue weighted by molar-refractivity contribution is 0.669. The Morgan fingerprint density at radius 3 is 1.84 bits per heavy atom. The number of hydrogen-bond acceptors (Lipinski definition) is 6. The minimum atomic E-state index is 0.611. The third-order valence-corrected chi connectivity index (χ3v) is 14.8. The van der Waals surface area contributed by atoms with E-state index in [1.807, 2.05) is 29.5 Å². The highest BCUT2D eigenvalue weighted by molar-refractivity contribution is 7.26. The van der Waals surface area contributed by atoms with E-state index in [2.05, 4.69) is 168 Å². The van der Waals surface area contributed by atoms with Crippen LogP contribution >= 0.6 is 22.7 Å². The molecule has 14 rings (SSSR count). The number of thiophene rings is 2. The molecular weight excluding hydrogens is 797 g/mol. The number of benzene rings is 9. The Hall–Kier alpha value is -7.71. The molecule has 0 radical (unpaired) electrons. The number of hydrogen-bond donors (Lipinski definition) is 0. The van der Waals surface area contributed by atoms with Gasteiger partial charge >= 0.3 is 0 Å². The van der Waals surface area contributed by atoms with Gasteiger partial charge in [-0.3, -0.25) is 0 Å². The second-order valence-corrected chi connectivity index (χ2v) is 18.1. The Bertz CT molecular complexity index is 4060. The van der Waals surface area contributed by atoms with Gasteiger partial charge in [0, 0.05) is 78.6 Å². The van der Waals surface area contributed by atoms with E-state index in [0.29, 0.717) is 17.5 Å². The van der Waals surface area contributed by atoms with E-state index in [1.54, 1.807) is 11.3 Å². The molecule has 0 spiro atoms. The van der Waals surface area contributed by atoms with Crippen LogP contribution in [-0.4, -0.2) is 19.5 Å². The Kier molecular flexibility index (Phi) is 7.08. The van der Waals surface area contributed by atoms with Crippen molar-refractivity contribution in [2.24, 2.45) is 0 Å². The van der Waals surface area contributed by atoms with Gasteiger partial charge in [-0.2, -0.15) is 0 Å². The summed E-state index contributed by atoms with van der Waals surface area (Å²) in [5.74, 6) is 1.88. The smallest absolute Gasteiger partial charge is 0.165 e. The molecule has 0 saturated carbocycles. The van der Waals surface area contributed by atoms with Crippen molar-refractivity contribution in [3.05, 3.63) is 182 Å². The van der Waals surface area contributed by atoms with Gasteiger partial charge in [-0.25, -0.2) is 15.0 Å². The van der Waals surface area contributed by atoms with E-state index in [1.165, 1.54) is 68.2 Å². The Morgan fingerprint density at radius 1 is 0.387 bits per heavy atom. The van der Waals surface area contributed by atoms with Crippen molar-refractivity contribution in [3.63, 3.8) is 0 Å². The largest absolute Gasteiger partial charge is 0.456 e. The van der Waals surface area contributed by atoms with Gasteiger partial charge in [-0.15, -0.1) is 22.7 Å². The molecular formula is C55H30N4OS2. The highest BCUT2D eigenvalue weighted by atomic mass is 32.1. The van der Waals surface area contributed by atoms with E-state index < -0.39 is 0 Å². The van der Waals surface area contributed by atoms with Crippen LogP contribution in [0.4, 0.5) is 0 Å². The fraction of sp³-hybridized carbons (Fsp3) is 0. The van der Waals surface area contributed by atoms with E-state index in [0.717, 1.165) is 49.0 Å². The zero-order valence-electron chi connectivity index (χ0n) is 32.8. The summed E-state index contributed by atoms with van der Waals surface area (Å²) in [5.41, 5.74) is 7.99. The number of furan rings is 1. The highest BCUT2D eigenvalue weighted by Gasteiger charge is 2.23. The first-order valence-electron chi connectivity index (χ1n) is 20.7. The lowest BCUT2D eigenvalue weighted by Crippen LogP contribution is -2.01. The molecule has 0 N–H and O–H groups in total. The van der Waals surface area contributed by atoms with Crippen molar-refractivity contribution < 1.29 is 4.42 Å². The van der Waals surface area contributed by atoms with Crippen molar-refractivity contribution in [2.45, 2.75) is 0 Å².